The van der Waals surface area contributed by atoms with Crippen LogP contribution in [0.5, 0.6) is 0 Å². The van der Waals surface area contributed by atoms with Crippen LogP contribution in [-0.2, 0) is 4.74 Å². The lowest BCUT2D eigenvalue weighted by Crippen LogP contribution is -2.54. The van der Waals surface area contributed by atoms with Gasteiger partial charge in [0.1, 0.15) is 0 Å². The number of ether oxygens (including phenoxy) is 1. The van der Waals surface area contributed by atoms with Crippen LogP contribution in [0.4, 0.5) is 0 Å². The van der Waals surface area contributed by atoms with Crippen LogP contribution in [0.3, 0.4) is 0 Å². The average molecular weight is 200 g/mol. The smallest absolute Gasteiger partial charge is 0.0589 e. The van der Waals surface area contributed by atoms with Crippen LogP contribution in [-0.4, -0.2) is 50.3 Å². The van der Waals surface area contributed by atoms with Gasteiger partial charge in [0.25, 0.3) is 0 Å². The van der Waals surface area contributed by atoms with E-state index in [1.165, 1.54) is 19.4 Å². The van der Waals surface area contributed by atoms with E-state index in [1.807, 2.05) is 0 Å². The van der Waals surface area contributed by atoms with E-state index in [1.54, 1.807) is 7.11 Å². The molecular weight excluding hydrogens is 176 g/mol. The highest BCUT2D eigenvalue weighted by molar-refractivity contribution is 4.91. The molecule has 0 aromatic carbocycles. The van der Waals surface area contributed by atoms with Gasteiger partial charge in [-0.05, 0) is 33.7 Å². The molecule has 0 aliphatic carbocycles. The first-order chi connectivity index (χ1) is 6.60. The Morgan fingerprint density at radius 2 is 2.21 bits per heavy atom. The highest BCUT2D eigenvalue weighted by atomic mass is 16.5. The molecule has 1 fully saturated rings. The Hall–Kier alpha value is -0.120. The second-order valence-electron chi connectivity index (χ2n) is 4.77. The summed E-state index contributed by atoms with van der Waals surface area (Å²) >= 11 is 0. The molecule has 1 heterocycles. The maximum absolute atomic E-state index is 5.13. The van der Waals surface area contributed by atoms with Crippen LogP contribution in [0.2, 0.25) is 0 Å². The molecule has 0 aromatic heterocycles. The van der Waals surface area contributed by atoms with Gasteiger partial charge in [0.15, 0.2) is 0 Å². The van der Waals surface area contributed by atoms with E-state index in [2.05, 4.69) is 31.1 Å². The van der Waals surface area contributed by atoms with Crippen molar-refractivity contribution in [3.05, 3.63) is 0 Å². The van der Waals surface area contributed by atoms with Crippen LogP contribution >= 0.6 is 0 Å². The number of nitrogens with one attached hydrogen (secondary N) is 1. The fraction of sp³-hybridized carbons (Fsp3) is 1.00. The first kappa shape index (κ1) is 12.0. The number of hydrogen-bond donors (Lipinski definition) is 1. The summed E-state index contributed by atoms with van der Waals surface area (Å²) in [6.45, 7) is 7.73. The Bertz CT molecular complexity index is 171. The van der Waals surface area contributed by atoms with E-state index < -0.39 is 0 Å². The molecule has 0 saturated carbocycles. The van der Waals surface area contributed by atoms with Crippen molar-refractivity contribution in [2.24, 2.45) is 0 Å². The van der Waals surface area contributed by atoms with Crippen molar-refractivity contribution in [1.82, 2.24) is 10.2 Å². The monoisotopic (exact) mass is 200 g/mol. The molecule has 14 heavy (non-hydrogen) atoms. The summed E-state index contributed by atoms with van der Waals surface area (Å²) in [5.41, 5.74) is 0.310. The highest BCUT2D eigenvalue weighted by Gasteiger charge is 2.33. The van der Waals surface area contributed by atoms with Gasteiger partial charge in [-0.3, -0.25) is 4.90 Å². The number of hydrogen-bond acceptors (Lipinski definition) is 3. The molecule has 1 atom stereocenters. The lowest BCUT2D eigenvalue weighted by Gasteiger charge is -2.45. The SMILES string of the molecule is CNC1CCN(CCOC)C(C)(C)C1. The first-order valence-corrected chi connectivity index (χ1v) is 5.51. The third kappa shape index (κ3) is 2.94. The molecule has 3 nitrogen and oxygen atoms in total. The van der Waals surface area contributed by atoms with Gasteiger partial charge in [0, 0.05) is 31.8 Å². The van der Waals surface area contributed by atoms with Crippen LogP contribution in [0.25, 0.3) is 0 Å². The van der Waals surface area contributed by atoms with E-state index in [0.29, 0.717) is 11.6 Å². The Kier molecular flexibility index (Phi) is 4.35. The molecule has 1 rings (SSSR count). The van der Waals surface area contributed by atoms with Crippen LogP contribution in [0.1, 0.15) is 26.7 Å². The third-order valence-corrected chi connectivity index (χ3v) is 3.32. The summed E-state index contributed by atoms with van der Waals surface area (Å²) in [5, 5.41) is 3.38. The summed E-state index contributed by atoms with van der Waals surface area (Å²) in [6.07, 6.45) is 2.48. The summed E-state index contributed by atoms with van der Waals surface area (Å²) in [5.74, 6) is 0. The minimum atomic E-state index is 0.310. The second kappa shape index (κ2) is 5.10. The van der Waals surface area contributed by atoms with E-state index in [-0.39, 0.29) is 0 Å². The zero-order valence-electron chi connectivity index (χ0n) is 9.97. The summed E-state index contributed by atoms with van der Waals surface area (Å²) in [4.78, 5) is 2.53. The molecule has 0 aromatic rings. The number of likely N-dealkylation sites (tertiary alicyclic amines) is 1. The zero-order chi connectivity index (χ0) is 10.6. The molecule has 0 amide bonds. The number of nitrogens with zero attached hydrogens (tertiary/aromatic N) is 1. The Labute approximate surface area is 87.8 Å². The van der Waals surface area contributed by atoms with Gasteiger partial charge < -0.3 is 10.1 Å². The van der Waals surface area contributed by atoms with Crippen molar-refractivity contribution < 1.29 is 4.74 Å². The lowest BCUT2D eigenvalue weighted by molar-refractivity contribution is 0.0358. The fourth-order valence-electron chi connectivity index (χ4n) is 2.31. The number of piperidine rings is 1. The van der Waals surface area contributed by atoms with Gasteiger partial charge in [-0.25, -0.2) is 0 Å². The largest absolute Gasteiger partial charge is 0.383 e. The van der Waals surface area contributed by atoms with Crippen LogP contribution < -0.4 is 5.32 Å². The molecule has 1 aliphatic heterocycles. The topological polar surface area (TPSA) is 24.5 Å². The predicted molar refractivity (Wildman–Crippen MR) is 59.6 cm³/mol. The van der Waals surface area contributed by atoms with Gasteiger partial charge in [-0.15, -0.1) is 0 Å². The van der Waals surface area contributed by atoms with Gasteiger partial charge in [0.2, 0.25) is 0 Å². The third-order valence-electron chi connectivity index (χ3n) is 3.32. The Balaban J connectivity index is 2.45. The number of methoxy groups -OCH3 is 1. The fourth-order valence-corrected chi connectivity index (χ4v) is 2.31. The maximum Gasteiger partial charge on any atom is 0.0589 e. The minimum absolute atomic E-state index is 0.310. The van der Waals surface area contributed by atoms with Gasteiger partial charge >= 0.3 is 0 Å². The zero-order valence-corrected chi connectivity index (χ0v) is 9.97. The van der Waals surface area contributed by atoms with Gasteiger partial charge in [0.05, 0.1) is 6.61 Å². The molecule has 0 spiro atoms. The first-order valence-electron chi connectivity index (χ1n) is 5.51. The molecule has 1 aliphatic rings. The highest BCUT2D eigenvalue weighted by Crippen LogP contribution is 2.26. The lowest BCUT2D eigenvalue weighted by atomic mass is 9.87. The summed E-state index contributed by atoms with van der Waals surface area (Å²) < 4.78 is 5.13. The second-order valence-corrected chi connectivity index (χ2v) is 4.77. The molecule has 1 unspecified atom stereocenters. The van der Waals surface area contributed by atoms with Crippen molar-refractivity contribution in [2.75, 3.05) is 33.9 Å². The van der Waals surface area contributed by atoms with Crippen molar-refractivity contribution in [3.63, 3.8) is 0 Å². The van der Waals surface area contributed by atoms with Crippen molar-refractivity contribution in [1.29, 1.82) is 0 Å². The normalized spacial score (nSPS) is 27.9. The Morgan fingerprint density at radius 3 is 2.71 bits per heavy atom. The van der Waals surface area contributed by atoms with E-state index in [0.717, 1.165) is 13.2 Å². The van der Waals surface area contributed by atoms with Crippen molar-refractivity contribution >= 4 is 0 Å². The van der Waals surface area contributed by atoms with Crippen molar-refractivity contribution in [2.45, 2.75) is 38.3 Å². The molecule has 0 radical (unpaired) electrons. The predicted octanol–water partition coefficient (Wildman–Crippen LogP) is 1.10. The van der Waals surface area contributed by atoms with E-state index in [4.69, 9.17) is 4.74 Å². The molecule has 3 heteroatoms. The van der Waals surface area contributed by atoms with Gasteiger partial charge in [-0.1, -0.05) is 0 Å². The minimum Gasteiger partial charge on any atom is -0.383 e. The van der Waals surface area contributed by atoms with Gasteiger partial charge in [-0.2, -0.15) is 0 Å². The molecule has 1 saturated heterocycles. The maximum atomic E-state index is 5.13. The standard InChI is InChI=1S/C11H24N2O/c1-11(2)9-10(12-3)5-6-13(11)7-8-14-4/h10,12H,5-9H2,1-4H3. The quantitative estimate of drug-likeness (QED) is 0.735. The molecular formula is C11H24N2O. The molecule has 0 bridgehead atoms. The van der Waals surface area contributed by atoms with E-state index >= 15 is 0 Å². The van der Waals surface area contributed by atoms with E-state index in [9.17, 15) is 0 Å². The number of rotatable bonds is 4. The van der Waals surface area contributed by atoms with Crippen LogP contribution in [0.15, 0.2) is 0 Å². The molecule has 1 N–H and O–H groups in total. The summed E-state index contributed by atoms with van der Waals surface area (Å²) in [7, 11) is 3.83. The van der Waals surface area contributed by atoms with Crippen molar-refractivity contribution in [3.8, 4) is 0 Å². The molecule has 84 valence electrons. The average Bonchev–Trinajstić information content (AvgIpc) is 2.15. The summed E-state index contributed by atoms with van der Waals surface area (Å²) in [6, 6.07) is 0.684. The van der Waals surface area contributed by atoms with Crippen LogP contribution in [0, 0.1) is 0 Å². The Morgan fingerprint density at radius 1 is 1.50 bits per heavy atom.